The molecule has 2 aromatic carbocycles. The van der Waals surface area contributed by atoms with E-state index < -0.39 is 18.2 Å². The molecule has 4 aromatic rings. The van der Waals surface area contributed by atoms with Gasteiger partial charge in [-0.15, -0.1) is 22.7 Å². The summed E-state index contributed by atoms with van der Waals surface area (Å²) >= 11 is 2.94. The van der Waals surface area contributed by atoms with E-state index in [0.29, 0.717) is 18.9 Å². The lowest BCUT2D eigenvalue weighted by atomic mass is 9.84. The molecule has 2 N–H and O–H groups in total. The third-order valence-electron chi connectivity index (χ3n) is 8.24. The smallest absolute Gasteiger partial charge is 0.408 e. The van der Waals surface area contributed by atoms with E-state index in [9.17, 15) is 19.2 Å². The first kappa shape index (κ1) is 38.4. The Morgan fingerprint density at radius 1 is 0.840 bits per heavy atom. The fourth-order valence-corrected chi connectivity index (χ4v) is 6.90. The molecule has 3 atom stereocenters. The molecular weight excluding hydrogens is 671 g/mol. The summed E-state index contributed by atoms with van der Waals surface area (Å²) in [6.45, 7) is 8.32. The minimum absolute atomic E-state index is 0.0495. The van der Waals surface area contributed by atoms with Crippen LogP contribution in [0, 0.1) is 11.8 Å². The number of alkyl carbamates (subject to hydrolysis) is 1. The lowest BCUT2D eigenvalue weighted by Gasteiger charge is -2.27. The zero-order valence-corrected chi connectivity index (χ0v) is 31.0. The molecule has 0 saturated carbocycles. The van der Waals surface area contributed by atoms with Gasteiger partial charge in [0, 0.05) is 37.4 Å². The molecule has 10 nitrogen and oxygen atoms in total. The highest BCUT2D eigenvalue weighted by atomic mass is 32.1. The average molecular weight is 718 g/mol. The molecule has 0 saturated heterocycles. The Hall–Kier alpha value is -4.42. The molecule has 266 valence electrons. The second kappa shape index (κ2) is 19.1. The normalized spacial score (nSPS) is 13.0. The Morgan fingerprint density at radius 3 is 2.06 bits per heavy atom. The van der Waals surface area contributed by atoms with Gasteiger partial charge in [-0.3, -0.25) is 14.6 Å². The number of amides is 3. The number of ketones is 2. The first-order valence-corrected chi connectivity index (χ1v) is 18.6. The summed E-state index contributed by atoms with van der Waals surface area (Å²) < 4.78 is 5.40. The van der Waals surface area contributed by atoms with Crippen LogP contribution in [0.25, 0.3) is 0 Å². The Balaban J connectivity index is 1.47. The van der Waals surface area contributed by atoms with Crippen molar-refractivity contribution in [2.24, 2.45) is 11.8 Å². The van der Waals surface area contributed by atoms with E-state index in [0.717, 1.165) is 26.7 Å². The van der Waals surface area contributed by atoms with Gasteiger partial charge in [-0.05, 0) is 35.8 Å². The minimum atomic E-state index is -0.865. The quantitative estimate of drug-likeness (QED) is 0.111. The number of rotatable bonds is 18. The third-order valence-corrected chi connectivity index (χ3v) is 10.2. The van der Waals surface area contributed by atoms with Crippen molar-refractivity contribution in [2.75, 3.05) is 7.05 Å². The number of thiazole rings is 2. The largest absolute Gasteiger partial charge is 0.444 e. The van der Waals surface area contributed by atoms with Gasteiger partial charge in [-0.2, -0.15) is 0 Å². The average Bonchev–Trinajstić information content (AvgIpc) is 3.79. The zero-order chi connectivity index (χ0) is 36.0. The highest BCUT2D eigenvalue weighted by Gasteiger charge is 2.31. The molecule has 0 aliphatic carbocycles. The summed E-state index contributed by atoms with van der Waals surface area (Å²) in [5.41, 5.74) is 4.33. The maximum absolute atomic E-state index is 14.0. The van der Waals surface area contributed by atoms with Crippen LogP contribution in [0.3, 0.4) is 0 Å². The number of carbonyl (C=O) groups is 4. The van der Waals surface area contributed by atoms with Gasteiger partial charge < -0.3 is 20.3 Å². The fraction of sp³-hybridized carbons (Fsp3) is 0.421. The van der Waals surface area contributed by atoms with E-state index in [1.807, 2.05) is 79.9 Å². The number of hydrogen-bond donors (Lipinski definition) is 2. The molecule has 0 aliphatic heterocycles. The van der Waals surface area contributed by atoms with Gasteiger partial charge in [0.05, 0.1) is 39.7 Å². The van der Waals surface area contributed by atoms with Gasteiger partial charge >= 0.3 is 12.1 Å². The summed E-state index contributed by atoms with van der Waals surface area (Å²) in [7, 11) is 1.69. The van der Waals surface area contributed by atoms with E-state index in [-0.39, 0.29) is 55.3 Å². The molecule has 2 heterocycles. The van der Waals surface area contributed by atoms with Crippen LogP contribution in [0.4, 0.5) is 9.59 Å². The molecule has 12 heteroatoms. The van der Waals surface area contributed by atoms with Crippen LogP contribution in [0.15, 0.2) is 77.8 Å². The van der Waals surface area contributed by atoms with Crippen LogP contribution in [0.5, 0.6) is 0 Å². The lowest BCUT2D eigenvalue weighted by Crippen LogP contribution is -2.49. The number of nitrogens with one attached hydrogen (secondary N) is 2. The third kappa shape index (κ3) is 12.2. The zero-order valence-electron chi connectivity index (χ0n) is 29.3. The summed E-state index contributed by atoms with van der Waals surface area (Å²) in [6.07, 6.45) is 1.81. The van der Waals surface area contributed by atoms with E-state index in [4.69, 9.17) is 4.74 Å². The number of Topliss-reactive ketones (excluding diaryl/α,β-unsaturated/α-hetero) is 2. The highest BCUT2D eigenvalue weighted by Crippen LogP contribution is 2.23. The SMILES string of the molecule is CC(C)c1nc(CN(C)C(=O)N[C@H](C(=O)C[C@H](CC(=O)[C@H](Cc2ccccc2)NC(=O)OCc2cncs2)Cc2ccccc2)C(C)C)cs1. The van der Waals surface area contributed by atoms with Gasteiger partial charge in [0.2, 0.25) is 0 Å². The summed E-state index contributed by atoms with van der Waals surface area (Å²) in [4.78, 5) is 65.1. The van der Waals surface area contributed by atoms with E-state index in [2.05, 4.69) is 34.4 Å². The maximum atomic E-state index is 14.0. The molecule has 4 rings (SSSR count). The predicted octanol–water partition coefficient (Wildman–Crippen LogP) is 7.20. The summed E-state index contributed by atoms with van der Waals surface area (Å²) in [6, 6.07) is 17.2. The molecule has 0 aliphatic rings. The molecule has 3 amide bonds. The van der Waals surface area contributed by atoms with Crippen LogP contribution in [0.2, 0.25) is 0 Å². The van der Waals surface area contributed by atoms with Gasteiger partial charge in [-0.25, -0.2) is 14.6 Å². The topological polar surface area (TPSA) is 131 Å². The van der Waals surface area contributed by atoms with Crippen molar-refractivity contribution >= 4 is 46.4 Å². The number of hydrogen-bond acceptors (Lipinski definition) is 9. The number of urea groups is 1. The van der Waals surface area contributed by atoms with Crippen molar-refractivity contribution in [1.82, 2.24) is 25.5 Å². The van der Waals surface area contributed by atoms with Crippen LogP contribution in [-0.4, -0.2) is 57.7 Å². The lowest BCUT2D eigenvalue weighted by molar-refractivity contribution is -0.124. The Kier molecular flexibility index (Phi) is 14.7. The maximum Gasteiger partial charge on any atom is 0.408 e. The van der Waals surface area contributed by atoms with Gasteiger partial charge in [0.15, 0.2) is 11.6 Å². The second-order valence-electron chi connectivity index (χ2n) is 13.2. The van der Waals surface area contributed by atoms with Crippen molar-refractivity contribution in [1.29, 1.82) is 0 Å². The molecule has 2 aromatic heterocycles. The number of nitrogens with zero attached hydrogens (tertiary/aromatic N) is 3. The molecule has 0 bridgehead atoms. The van der Waals surface area contributed by atoms with Gasteiger partial charge in [0.1, 0.15) is 6.61 Å². The highest BCUT2D eigenvalue weighted by molar-refractivity contribution is 7.09. The number of benzene rings is 2. The van der Waals surface area contributed by atoms with Crippen molar-refractivity contribution in [3.8, 4) is 0 Å². The van der Waals surface area contributed by atoms with Crippen LogP contribution in [-0.2, 0) is 40.3 Å². The van der Waals surface area contributed by atoms with Crippen molar-refractivity contribution in [3.05, 3.63) is 104 Å². The van der Waals surface area contributed by atoms with E-state index >= 15 is 0 Å². The number of carbonyl (C=O) groups excluding carboxylic acids is 4. The van der Waals surface area contributed by atoms with Crippen molar-refractivity contribution in [3.63, 3.8) is 0 Å². The van der Waals surface area contributed by atoms with Crippen LogP contribution >= 0.6 is 22.7 Å². The van der Waals surface area contributed by atoms with Crippen molar-refractivity contribution < 1.29 is 23.9 Å². The number of ether oxygens (including phenoxy) is 1. The molecule has 0 unspecified atom stereocenters. The molecule has 0 fully saturated rings. The Morgan fingerprint density at radius 2 is 1.48 bits per heavy atom. The van der Waals surface area contributed by atoms with E-state index in [1.54, 1.807) is 30.1 Å². The van der Waals surface area contributed by atoms with Crippen LogP contribution in [0.1, 0.15) is 73.2 Å². The molecule has 50 heavy (non-hydrogen) atoms. The monoisotopic (exact) mass is 717 g/mol. The first-order chi connectivity index (χ1) is 24.0. The number of aromatic nitrogens is 2. The molecule has 0 spiro atoms. The predicted molar refractivity (Wildman–Crippen MR) is 197 cm³/mol. The second-order valence-corrected chi connectivity index (χ2v) is 15.0. The molecule has 0 radical (unpaired) electrons. The summed E-state index contributed by atoms with van der Waals surface area (Å²) in [5.74, 6) is -0.598. The van der Waals surface area contributed by atoms with Crippen LogP contribution < -0.4 is 10.6 Å². The van der Waals surface area contributed by atoms with E-state index in [1.165, 1.54) is 16.2 Å². The minimum Gasteiger partial charge on any atom is -0.444 e. The molecular formula is C38H47N5O5S2. The van der Waals surface area contributed by atoms with Gasteiger partial charge in [0.25, 0.3) is 0 Å². The van der Waals surface area contributed by atoms with Gasteiger partial charge in [-0.1, -0.05) is 88.4 Å². The fourth-order valence-electron chi connectivity index (χ4n) is 5.57. The Labute approximate surface area is 302 Å². The first-order valence-electron chi connectivity index (χ1n) is 16.9. The Bertz CT molecular complexity index is 1660. The standard InChI is InChI=1S/C38H47N5O5S2/c1-25(2)35(42-37(46)43(5)21-30-23-49-36(40-30)26(3)4)34(45)19-29(16-27-12-8-6-9-13-27)18-33(44)32(17-28-14-10-7-11-15-28)41-38(47)48-22-31-20-39-24-50-31/h6-15,20,23-26,29,32,35H,16-19,21-22H2,1-5H3,(H,41,47)(H,42,46)/t29-,32-,35-/m0/s1. The summed E-state index contributed by atoms with van der Waals surface area (Å²) in [5, 5.41) is 8.69. The van der Waals surface area contributed by atoms with Crippen molar-refractivity contribution in [2.45, 2.75) is 84.5 Å².